The third-order valence-electron chi connectivity index (χ3n) is 4.28. The van der Waals surface area contributed by atoms with E-state index < -0.39 is 11.7 Å². The predicted octanol–water partition coefficient (Wildman–Crippen LogP) is 3.04. The zero-order valence-corrected chi connectivity index (χ0v) is 16.5. The summed E-state index contributed by atoms with van der Waals surface area (Å²) in [6.07, 6.45) is 1.74. The van der Waals surface area contributed by atoms with Crippen molar-refractivity contribution in [2.24, 2.45) is 0 Å². The number of carbonyl (C=O) groups is 3. The predicted molar refractivity (Wildman–Crippen MR) is 103 cm³/mol. The van der Waals surface area contributed by atoms with Gasteiger partial charge in [0, 0.05) is 39.2 Å². The molecule has 6 heteroatoms. The second-order valence-electron chi connectivity index (χ2n) is 7.78. The molecule has 1 aliphatic rings. The van der Waals surface area contributed by atoms with Crippen LogP contribution < -0.4 is 5.32 Å². The molecule has 0 spiro atoms. The van der Waals surface area contributed by atoms with Crippen molar-refractivity contribution in [3.05, 3.63) is 47.7 Å². The lowest BCUT2D eigenvalue weighted by molar-refractivity contribution is -0.124. The Labute approximate surface area is 160 Å². The van der Waals surface area contributed by atoms with Crippen LogP contribution in [-0.4, -0.2) is 48.3 Å². The van der Waals surface area contributed by atoms with Gasteiger partial charge in [0.2, 0.25) is 0 Å². The van der Waals surface area contributed by atoms with Crippen molar-refractivity contribution in [1.82, 2.24) is 10.2 Å². The van der Waals surface area contributed by atoms with Gasteiger partial charge in [-0.3, -0.25) is 9.59 Å². The number of ketones is 2. The lowest BCUT2D eigenvalue weighted by atomic mass is 9.80. The van der Waals surface area contributed by atoms with E-state index in [0.29, 0.717) is 25.9 Å². The van der Waals surface area contributed by atoms with Crippen molar-refractivity contribution in [2.75, 3.05) is 20.1 Å². The van der Waals surface area contributed by atoms with E-state index in [4.69, 9.17) is 4.74 Å². The van der Waals surface area contributed by atoms with Crippen LogP contribution in [0.4, 0.5) is 4.79 Å². The Kier molecular flexibility index (Phi) is 6.77. The van der Waals surface area contributed by atoms with Crippen LogP contribution in [0.2, 0.25) is 0 Å². The number of rotatable bonds is 5. The van der Waals surface area contributed by atoms with Gasteiger partial charge in [-0.15, -0.1) is 0 Å². The average molecular weight is 372 g/mol. The quantitative estimate of drug-likeness (QED) is 0.488. The van der Waals surface area contributed by atoms with E-state index >= 15 is 0 Å². The summed E-state index contributed by atoms with van der Waals surface area (Å²) in [5.41, 5.74) is 0.684. The fourth-order valence-corrected chi connectivity index (χ4v) is 2.85. The Morgan fingerprint density at radius 2 is 1.78 bits per heavy atom. The van der Waals surface area contributed by atoms with Crippen LogP contribution in [0, 0.1) is 0 Å². The number of hydrogen-bond acceptors (Lipinski definition) is 5. The molecule has 0 unspecified atom stereocenters. The molecule has 6 nitrogen and oxygen atoms in total. The molecule has 1 amide bonds. The van der Waals surface area contributed by atoms with Crippen molar-refractivity contribution in [1.29, 1.82) is 0 Å². The molecule has 1 N–H and O–H groups in total. The number of carbonyl (C=O) groups excluding carboxylic acids is 3. The highest BCUT2D eigenvalue weighted by Crippen LogP contribution is 2.31. The van der Waals surface area contributed by atoms with Crippen LogP contribution in [-0.2, 0) is 14.3 Å². The monoisotopic (exact) mass is 372 g/mol. The third kappa shape index (κ3) is 6.24. The van der Waals surface area contributed by atoms with Gasteiger partial charge in [-0.2, -0.15) is 0 Å². The molecule has 0 bridgehead atoms. The highest BCUT2D eigenvalue weighted by atomic mass is 16.6. The number of hydrogen-bond donors (Lipinski definition) is 1. The van der Waals surface area contributed by atoms with Crippen LogP contribution in [0.3, 0.4) is 0 Å². The van der Waals surface area contributed by atoms with Gasteiger partial charge in [0.15, 0.2) is 11.6 Å². The van der Waals surface area contributed by atoms with Gasteiger partial charge < -0.3 is 15.0 Å². The Bertz CT molecular complexity index is 699. The van der Waals surface area contributed by atoms with E-state index in [0.717, 1.165) is 5.56 Å². The molecule has 0 aromatic heterocycles. The molecule has 0 atom stereocenters. The highest BCUT2D eigenvalue weighted by Gasteiger charge is 2.31. The maximum Gasteiger partial charge on any atom is 0.410 e. The fraction of sp³-hybridized carbons (Fsp3) is 0.476. The molecular formula is C21H28N2O4. The molecule has 1 aromatic rings. The maximum absolute atomic E-state index is 12.4. The van der Waals surface area contributed by atoms with Gasteiger partial charge >= 0.3 is 6.09 Å². The van der Waals surface area contributed by atoms with Crippen LogP contribution in [0.1, 0.15) is 45.1 Å². The topological polar surface area (TPSA) is 75.7 Å². The normalized spacial score (nSPS) is 17.5. The second kappa shape index (κ2) is 8.84. The van der Waals surface area contributed by atoms with Gasteiger partial charge in [0.05, 0.1) is 5.57 Å². The average Bonchev–Trinajstić information content (AvgIpc) is 2.59. The van der Waals surface area contributed by atoms with Crippen LogP contribution in [0.15, 0.2) is 42.1 Å². The zero-order valence-electron chi connectivity index (χ0n) is 16.5. The summed E-state index contributed by atoms with van der Waals surface area (Å²) in [6.45, 7) is 6.24. The Hall–Kier alpha value is -2.63. The molecule has 0 saturated heterocycles. The van der Waals surface area contributed by atoms with Gasteiger partial charge in [-0.1, -0.05) is 30.3 Å². The lowest BCUT2D eigenvalue weighted by Gasteiger charge is -2.25. The van der Waals surface area contributed by atoms with Gasteiger partial charge in [0.1, 0.15) is 5.60 Å². The van der Waals surface area contributed by atoms with E-state index in [1.807, 2.05) is 51.1 Å². The summed E-state index contributed by atoms with van der Waals surface area (Å²) in [7, 11) is 1.64. The number of nitrogens with zero attached hydrogens (tertiary/aromatic N) is 1. The molecule has 146 valence electrons. The lowest BCUT2D eigenvalue weighted by Crippen LogP contribution is -2.37. The molecule has 0 aliphatic heterocycles. The van der Waals surface area contributed by atoms with Gasteiger partial charge in [-0.05, 0) is 32.3 Å². The van der Waals surface area contributed by atoms with Crippen molar-refractivity contribution < 1.29 is 19.1 Å². The van der Waals surface area contributed by atoms with E-state index in [2.05, 4.69) is 5.32 Å². The first-order valence-electron chi connectivity index (χ1n) is 9.16. The molecule has 0 radical (unpaired) electrons. The number of nitrogens with one attached hydrogen (secondary N) is 1. The number of likely N-dealkylation sites (N-methyl/N-ethyl adjacent to an activating group) is 1. The smallest absolute Gasteiger partial charge is 0.410 e. The highest BCUT2D eigenvalue weighted by molar-refractivity contribution is 6.22. The summed E-state index contributed by atoms with van der Waals surface area (Å²) >= 11 is 0. The minimum Gasteiger partial charge on any atom is -0.444 e. The summed E-state index contributed by atoms with van der Waals surface area (Å²) in [4.78, 5) is 38.1. The van der Waals surface area contributed by atoms with Crippen LogP contribution >= 0.6 is 0 Å². The standard InChI is InChI=1S/C21H28N2O4/c1-21(2,3)27-20(26)23(4)11-10-22-14-17-18(24)12-16(13-19(17)25)15-8-6-5-7-9-15/h5-9,14,16,22H,10-13H2,1-4H3. The number of ether oxygens (including phenoxy) is 1. The van der Waals surface area contributed by atoms with Crippen molar-refractivity contribution in [2.45, 2.75) is 45.1 Å². The molecule has 0 heterocycles. The molecule has 1 fully saturated rings. The second-order valence-corrected chi connectivity index (χ2v) is 7.78. The van der Waals surface area contributed by atoms with Gasteiger partial charge in [0.25, 0.3) is 0 Å². The summed E-state index contributed by atoms with van der Waals surface area (Å²) < 4.78 is 5.27. The zero-order chi connectivity index (χ0) is 20.0. The van der Waals surface area contributed by atoms with Crippen LogP contribution in [0.5, 0.6) is 0 Å². The Morgan fingerprint density at radius 1 is 1.19 bits per heavy atom. The van der Waals surface area contributed by atoms with Crippen molar-refractivity contribution >= 4 is 17.7 Å². The molecule has 1 aromatic carbocycles. The first kappa shape index (κ1) is 20.7. The van der Waals surface area contributed by atoms with Crippen LogP contribution in [0.25, 0.3) is 0 Å². The summed E-state index contributed by atoms with van der Waals surface area (Å²) in [5.74, 6) is -0.345. The Morgan fingerprint density at radius 3 is 2.33 bits per heavy atom. The van der Waals surface area contributed by atoms with E-state index in [9.17, 15) is 14.4 Å². The minimum absolute atomic E-state index is 0.0540. The molecule has 27 heavy (non-hydrogen) atoms. The van der Waals surface area contributed by atoms with E-state index in [-0.39, 0.29) is 23.1 Å². The first-order valence-corrected chi connectivity index (χ1v) is 9.16. The first-order chi connectivity index (χ1) is 12.7. The number of benzene rings is 1. The van der Waals surface area contributed by atoms with E-state index in [1.165, 1.54) is 11.1 Å². The number of amides is 1. The summed E-state index contributed by atoms with van der Waals surface area (Å²) in [5, 5.41) is 2.97. The molecule has 1 aliphatic carbocycles. The minimum atomic E-state index is -0.545. The maximum atomic E-state index is 12.4. The van der Waals surface area contributed by atoms with Gasteiger partial charge in [-0.25, -0.2) is 4.79 Å². The number of Topliss-reactive ketones (excluding diaryl/α,β-unsaturated/α-hetero) is 2. The van der Waals surface area contributed by atoms with Crippen molar-refractivity contribution in [3.8, 4) is 0 Å². The fourth-order valence-electron chi connectivity index (χ4n) is 2.85. The Balaban J connectivity index is 1.84. The van der Waals surface area contributed by atoms with E-state index in [1.54, 1.807) is 7.05 Å². The molecule has 1 saturated carbocycles. The molecular weight excluding hydrogens is 344 g/mol. The molecule has 2 rings (SSSR count). The largest absolute Gasteiger partial charge is 0.444 e. The summed E-state index contributed by atoms with van der Waals surface area (Å²) in [6, 6.07) is 9.64. The van der Waals surface area contributed by atoms with Crippen molar-refractivity contribution in [3.63, 3.8) is 0 Å². The SMILES string of the molecule is CN(CCNC=C1C(=O)CC(c2ccccc2)CC1=O)C(=O)OC(C)(C)C. The third-order valence-corrected chi connectivity index (χ3v) is 4.28. The number of allylic oxidation sites excluding steroid dienone is 1.